The van der Waals surface area contributed by atoms with E-state index in [4.69, 9.17) is 9.47 Å². The van der Waals surface area contributed by atoms with Gasteiger partial charge in [-0.3, -0.25) is 9.59 Å². The Bertz CT molecular complexity index is 966. The van der Waals surface area contributed by atoms with Crippen molar-refractivity contribution in [3.05, 3.63) is 12.2 Å². The molecule has 5 unspecified atom stereocenters. The zero-order valence-corrected chi connectivity index (χ0v) is 21.3. The minimum atomic E-state index is -5.99. The Hall–Kier alpha value is -1.96. The number of unbranched alkanes of at least 4 members (excludes halogenated alkanes) is 5. The Balaban J connectivity index is 1.12. The van der Waals surface area contributed by atoms with Gasteiger partial charge < -0.3 is 14.2 Å². The van der Waals surface area contributed by atoms with Crippen LogP contribution in [0.1, 0.15) is 64.2 Å². The van der Waals surface area contributed by atoms with Gasteiger partial charge in [0.15, 0.2) is 6.29 Å². The summed E-state index contributed by atoms with van der Waals surface area (Å²) in [6.45, 7) is 0.951. The summed E-state index contributed by atoms with van der Waals surface area (Å²) in [6.07, 6.45) is 11.4. The molecule has 2 aliphatic carbocycles. The topological polar surface area (TPSA) is 126 Å². The lowest BCUT2D eigenvalue weighted by Crippen LogP contribution is -2.45. The summed E-state index contributed by atoms with van der Waals surface area (Å²) in [6, 6.07) is 0. The quantitative estimate of drug-likeness (QED) is 0.139. The van der Waals surface area contributed by atoms with Gasteiger partial charge in [0.2, 0.25) is 0 Å². The van der Waals surface area contributed by atoms with Crippen LogP contribution in [0, 0.1) is 23.7 Å². The smallest absolute Gasteiger partial charge is 0.460 e. The highest BCUT2D eigenvalue weighted by atomic mass is 32.2. The van der Waals surface area contributed by atoms with Gasteiger partial charge in [0.05, 0.1) is 18.4 Å². The summed E-state index contributed by atoms with van der Waals surface area (Å²) in [5, 5.41) is -5.21. The number of esters is 1. The van der Waals surface area contributed by atoms with Crippen LogP contribution in [0.3, 0.4) is 0 Å². The van der Waals surface area contributed by atoms with E-state index in [0.717, 1.165) is 51.6 Å². The van der Waals surface area contributed by atoms with E-state index in [1.807, 2.05) is 0 Å². The van der Waals surface area contributed by atoms with Gasteiger partial charge in [-0.1, -0.05) is 37.8 Å². The van der Waals surface area contributed by atoms with Crippen LogP contribution in [0.4, 0.5) is 8.78 Å². The van der Waals surface area contributed by atoms with E-state index in [-0.39, 0.29) is 29.6 Å². The summed E-state index contributed by atoms with van der Waals surface area (Å²) in [4.78, 5) is 36.8. The number of amides is 2. The third-order valence-corrected chi connectivity index (χ3v) is 8.51. The summed E-state index contributed by atoms with van der Waals surface area (Å²) in [7, 11) is -5.99. The Morgan fingerprint density at radius 1 is 0.973 bits per heavy atom. The molecule has 2 aliphatic heterocycles. The summed E-state index contributed by atoms with van der Waals surface area (Å²) in [5.74, 6) is -6.50. The minimum absolute atomic E-state index is 0.112. The number of ether oxygens (including phenoxy) is 3. The SMILES string of the molecule is O=C1C2C3C=CC(C3)C2C(=O)N1OS(=O)(=O)C(F)(F)C(=O)OCCCCCCCCOC1CCCCO1. The fraction of sp³-hybridized carbons (Fsp3) is 0.792. The Morgan fingerprint density at radius 2 is 1.57 bits per heavy atom. The average molecular weight is 550 g/mol. The van der Waals surface area contributed by atoms with E-state index in [2.05, 4.69) is 9.02 Å². The first-order valence-corrected chi connectivity index (χ1v) is 14.3. The van der Waals surface area contributed by atoms with Crippen LogP contribution < -0.4 is 0 Å². The lowest BCUT2D eigenvalue weighted by Gasteiger charge is -2.22. The number of hydrogen-bond donors (Lipinski definition) is 0. The standard InChI is InChI=1S/C24H33F2NO9S/c25-24(26,23(30)35-14-7-4-2-1-3-6-12-33-18-9-5-8-13-34-18)37(31,32)36-27-21(28)19-16-10-11-17(15-16)20(19)22(27)29/h10-11,16-20H,1-9,12-15H2. The predicted octanol–water partition coefficient (Wildman–Crippen LogP) is 3.07. The highest BCUT2D eigenvalue weighted by Crippen LogP contribution is 2.52. The van der Waals surface area contributed by atoms with E-state index < -0.39 is 51.6 Å². The molecule has 4 rings (SSSR count). The number of hydroxylamine groups is 2. The summed E-state index contributed by atoms with van der Waals surface area (Å²) in [5.41, 5.74) is 0. The van der Waals surface area contributed by atoms with Crippen LogP contribution in [0.15, 0.2) is 12.2 Å². The van der Waals surface area contributed by atoms with E-state index >= 15 is 0 Å². The number of imide groups is 1. The van der Waals surface area contributed by atoms with Crippen molar-refractivity contribution < 1.29 is 50.1 Å². The first-order valence-electron chi connectivity index (χ1n) is 12.9. The Kier molecular flexibility index (Phi) is 8.97. The number of allylic oxidation sites excluding steroid dienone is 2. The fourth-order valence-corrected chi connectivity index (χ4v) is 6.11. The van der Waals surface area contributed by atoms with Crippen molar-refractivity contribution >= 4 is 27.9 Å². The molecule has 0 spiro atoms. The molecular formula is C24H33F2NO9S. The Morgan fingerprint density at radius 3 is 2.16 bits per heavy atom. The molecule has 2 bridgehead atoms. The van der Waals surface area contributed by atoms with Crippen molar-refractivity contribution in [3.63, 3.8) is 0 Å². The first kappa shape index (κ1) is 28.1. The maximum absolute atomic E-state index is 14.4. The molecule has 4 aliphatic rings. The van der Waals surface area contributed by atoms with E-state index in [1.165, 1.54) is 0 Å². The van der Waals surface area contributed by atoms with Gasteiger partial charge in [-0.15, -0.1) is 9.35 Å². The van der Waals surface area contributed by atoms with E-state index in [1.54, 1.807) is 12.2 Å². The number of carbonyl (C=O) groups is 3. The number of alkyl halides is 2. The lowest BCUT2D eigenvalue weighted by molar-refractivity contribution is -0.172. The maximum Gasteiger partial charge on any atom is 0.467 e. The van der Waals surface area contributed by atoms with Crippen LogP contribution in [0.5, 0.6) is 0 Å². The molecule has 0 aromatic heterocycles. The fourth-order valence-electron chi connectivity index (χ4n) is 5.41. The highest BCUT2D eigenvalue weighted by molar-refractivity contribution is 7.88. The number of nitrogens with zero attached hydrogens (tertiary/aromatic N) is 1. The van der Waals surface area contributed by atoms with E-state index in [0.29, 0.717) is 19.4 Å². The lowest BCUT2D eigenvalue weighted by atomic mass is 9.85. The minimum Gasteiger partial charge on any atom is -0.460 e. The van der Waals surface area contributed by atoms with Crippen molar-refractivity contribution in [2.75, 3.05) is 19.8 Å². The molecule has 2 amide bonds. The first-order chi connectivity index (χ1) is 17.6. The molecule has 1 saturated carbocycles. The Labute approximate surface area is 214 Å². The van der Waals surface area contributed by atoms with Crippen LogP contribution in [0.25, 0.3) is 0 Å². The molecule has 0 aromatic rings. The molecule has 0 aromatic carbocycles. The second-order valence-electron chi connectivity index (χ2n) is 9.94. The van der Waals surface area contributed by atoms with E-state index in [9.17, 15) is 31.6 Å². The van der Waals surface area contributed by atoms with Crippen molar-refractivity contribution in [1.29, 1.82) is 0 Å². The molecular weight excluding hydrogens is 516 g/mol. The van der Waals surface area contributed by atoms with Gasteiger partial charge in [-0.2, -0.15) is 17.2 Å². The van der Waals surface area contributed by atoms with Crippen molar-refractivity contribution in [2.24, 2.45) is 23.7 Å². The number of rotatable bonds is 14. The maximum atomic E-state index is 14.4. The molecule has 3 fully saturated rings. The van der Waals surface area contributed by atoms with Crippen LogP contribution in [-0.4, -0.2) is 62.6 Å². The monoisotopic (exact) mass is 549 g/mol. The molecule has 2 heterocycles. The predicted molar refractivity (Wildman–Crippen MR) is 123 cm³/mol. The molecule has 10 nitrogen and oxygen atoms in total. The third-order valence-electron chi connectivity index (χ3n) is 7.37. The molecule has 5 atom stereocenters. The number of hydrogen-bond acceptors (Lipinski definition) is 9. The zero-order chi connectivity index (χ0) is 26.6. The number of carbonyl (C=O) groups excluding carboxylic acids is 3. The third kappa shape index (κ3) is 6.04. The van der Waals surface area contributed by atoms with Crippen molar-refractivity contribution in [1.82, 2.24) is 5.06 Å². The average Bonchev–Trinajstić information content (AvgIpc) is 3.56. The van der Waals surface area contributed by atoms with Gasteiger partial charge in [0, 0.05) is 13.2 Å². The second kappa shape index (κ2) is 11.8. The highest BCUT2D eigenvalue weighted by Gasteiger charge is 2.64. The molecule has 208 valence electrons. The zero-order valence-electron chi connectivity index (χ0n) is 20.5. The number of halogens is 2. The molecule has 0 N–H and O–H groups in total. The van der Waals surface area contributed by atoms with Crippen LogP contribution >= 0.6 is 0 Å². The summed E-state index contributed by atoms with van der Waals surface area (Å²) < 4.78 is 72.8. The largest absolute Gasteiger partial charge is 0.467 e. The normalized spacial score (nSPS) is 29.2. The van der Waals surface area contributed by atoms with Crippen molar-refractivity contribution in [2.45, 2.75) is 75.8 Å². The van der Waals surface area contributed by atoms with Crippen molar-refractivity contribution in [3.8, 4) is 0 Å². The van der Waals surface area contributed by atoms with Gasteiger partial charge in [0.1, 0.15) is 0 Å². The van der Waals surface area contributed by atoms with Gasteiger partial charge in [-0.05, 0) is 50.4 Å². The second-order valence-corrected chi connectivity index (χ2v) is 11.5. The molecule has 2 saturated heterocycles. The molecule has 0 radical (unpaired) electrons. The number of fused-ring (bicyclic) bond motifs is 5. The van der Waals surface area contributed by atoms with Crippen LogP contribution in [-0.2, 0) is 43.0 Å². The van der Waals surface area contributed by atoms with Crippen LogP contribution in [0.2, 0.25) is 0 Å². The van der Waals surface area contributed by atoms with Gasteiger partial charge >= 0.3 is 21.3 Å². The van der Waals surface area contributed by atoms with Gasteiger partial charge in [0.25, 0.3) is 11.8 Å². The summed E-state index contributed by atoms with van der Waals surface area (Å²) >= 11 is 0. The molecule has 13 heteroatoms. The van der Waals surface area contributed by atoms with Gasteiger partial charge in [-0.25, -0.2) is 4.79 Å². The molecule has 37 heavy (non-hydrogen) atoms.